The van der Waals surface area contributed by atoms with Crippen LogP contribution in [0.1, 0.15) is 0 Å². The van der Waals surface area contributed by atoms with Crippen molar-refractivity contribution in [2.75, 3.05) is 19.1 Å². The predicted octanol–water partition coefficient (Wildman–Crippen LogP) is 4.88. The fourth-order valence-corrected chi connectivity index (χ4v) is 2.03. The molecule has 0 aliphatic carbocycles. The van der Waals surface area contributed by atoms with Crippen LogP contribution in [0.3, 0.4) is 0 Å². The van der Waals surface area contributed by atoms with E-state index in [1.54, 1.807) is 0 Å². The predicted molar refractivity (Wildman–Crippen MR) is 82.8 cm³/mol. The van der Waals surface area contributed by atoms with Gasteiger partial charge in [-0.3, -0.25) is 9.63 Å². The van der Waals surface area contributed by atoms with E-state index < -0.39 is 40.5 Å². The van der Waals surface area contributed by atoms with E-state index in [-0.39, 0.29) is 14.6 Å². The third-order valence-corrected chi connectivity index (χ3v) is 4.35. The smallest absolute Gasteiger partial charge is 0.273 e. The summed E-state index contributed by atoms with van der Waals surface area (Å²) in [5.74, 6) is -16.2. The van der Waals surface area contributed by atoms with Gasteiger partial charge in [-0.05, 0) is 34.1 Å². The molecule has 0 aromatic heterocycles. The largest absolute Gasteiger partial charge is 0.460 e. The van der Waals surface area contributed by atoms with E-state index in [9.17, 15) is 40.3 Å². The summed E-state index contributed by atoms with van der Waals surface area (Å²) in [7, 11) is 1.67. The number of anilines is 1. The Morgan fingerprint density at radius 1 is 1.11 bits per heavy atom. The normalized spacial score (nSPS) is 12.7. The first kappa shape index (κ1) is 23.4. The number of rotatable bonds is 4. The third kappa shape index (κ3) is 4.29. The average Bonchev–Trinajstić information content (AvgIpc) is 2.55. The van der Waals surface area contributed by atoms with E-state index in [0.717, 1.165) is 32.4 Å². The van der Waals surface area contributed by atoms with Gasteiger partial charge in [0.1, 0.15) is 0 Å². The molecule has 3 amide bonds. The zero-order valence-electron chi connectivity index (χ0n) is 13.3. The molecular weight excluding hydrogens is 480 g/mol. The number of nitrogens with zero attached hydrogens (tertiary/aromatic N) is 2. The van der Waals surface area contributed by atoms with Crippen molar-refractivity contribution in [3.63, 3.8) is 0 Å². The van der Waals surface area contributed by atoms with Crippen molar-refractivity contribution in [3.05, 3.63) is 27.7 Å². The van der Waals surface area contributed by atoms with E-state index in [1.807, 2.05) is 0 Å². The molecule has 0 unspecified atom stereocenters. The first-order valence-electron chi connectivity index (χ1n) is 6.53. The Bertz CT molecular complexity index is 745. The van der Waals surface area contributed by atoms with Gasteiger partial charge in [-0.1, -0.05) is 11.6 Å². The Kier molecular flexibility index (Phi) is 6.77. The lowest BCUT2D eigenvalue weighted by Gasteiger charge is -2.32. The van der Waals surface area contributed by atoms with Crippen LogP contribution < -0.4 is 4.90 Å². The third-order valence-electron chi connectivity index (χ3n) is 3.12. The number of amides is 3. The molecule has 27 heavy (non-hydrogen) atoms. The molecule has 14 heteroatoms. The molecule has 0 radical (unpaired) electrons. The number of benzene rings is 1. The van der Waals surface area contributed by atoms with E-state index in [1.165, 1.54) is 0 Å². The average molecular weight is 490 g/mol. The number of hydrogen-bond donors (Lipinski definition) is 0. The Morgan fingerprint density at radius 2 is 1.63 bits per heavy atom. The van der Waals surface area contributed by atoms with Gasteiger partial charge in [0.25, 0.3) is 0 Å². The van der Waals surface area contributed by atoms with Crippen LogP contribution in [-0.2, 0) is 9.63 Å². The standard InChI is InChI=1S/C13H9BrClF7N2O3/c1-23(27-2)10(26)24(6-3-4-7(14)8(15)5-6)9(25)11(16,17)12(18,19)13(20,21)22/h3-5H,1-2H3. The van der Waals surface area contributed by atoms with Gasteiger partial charge in [-0.2, -0.15) is 30.7 Å². The lowest BCUT2D eigenvalue weighted by molar-refractivity contribution is -0.343. The Labute approximate surface area is 160 Å². The minimum absolute atomic E-state index is 0.162. The lowest BCUT2D eigenvalue weighted by Crippen LogP contribution is -2.62. The maximum absolute atomic E-state index is 13.8. The van der Waals surface area contributed by atoms with Gasteiger partial charge in [0.2, 0.25) is 0 Å². The topological polar surface area (TPSA) is 49.9 Å². The van der Waals surface area contributed by atoms with Crippen LogP contribution in [0.15, 0.2) is 22.7 Å². The molecule has 1 rings (SSSR count). The molecule has 152 valence electrons. The first-order chi connectivity index (χ1) is 12.1. The molecule has 0 atom stereocenters. The van der Waals surface area contributed by atoms with Crippen LogP contribution in [0, 0.1) is 0 Å². The van der Waals surface area contributed by atoms with Gasteiger partial charge in [0, 0.05) is 11.5 Å². The molecular formula is C13H9BrClF7N2O3. The Balaban J connectivity index is 3.57. The summed E-state index contributed by atoms with van der Waals surface area (Å²) in [5, 5.41) is -0.0839. The van der Waals surface area contributed by atoms with Gasteiger partial charge in [0.15, 0.2) is 0 Å². The molecule has 0 spiro atoms. The van der Waals surface area contributed by atoms with Crippen molar-refractivity contribution in [2.45, 2.75) is 18.0 Å². The Morgan fingerprint density at radius 3 is 2.04 bits per heavy atom. The zero-order valence-corrected chi connectivity index (χ0v) is 15.6. The minimum Gasteiger partial charge on any atom is -0.273 e. The quantitative estimate of drug-likeness (QED) is 0.447. The number of alkyl halides is 7. The molecule has 0 fully saturated rings. The summed E-state index contributed by atoms with van der Waals surface area (Å²) in [4.78, 5) is 27.9. The van der Waals surface area contributed by atoms with Crippen LogP contribution in [0.2, 0.25) is 5.02 Å². The number of halogens is 9. The summed E-state index contributed by atoms with van der Waals surface area (Å²) in [6.07, 6.45) is -6.76. The van der Waals surface area contributed by atoms with Gasteiger partial charge < -0.3 is 0 Å². The molecule has 0 saturated carbocycles. The van der Waals surface area contributed by atoms with Crippen LogP contribution >= 0.6 is 27.5 Å². The van der Waals surface area contributed by atoms with Crippen molar-refractivity contribution >= 4 is 45.2 Å². The molecule has 0 N–H and O–H groups in total. The van der Waals surface area contributed by atoms with E-state index in [0.29, 0.717) is 0 Å². The number of carbonyl (C=O) groups is 2. The van der Waals surface area contributed by atoms with Crippen LogP contribution in [0.25, 0.3) is 0 Å². The highest BCUT2D eigenvalue weighted by Gasteiger charge is 2.77. The molecule has 1 aromatic carbocycles. The van der Waals surface area contributed by atoms with Gasteiger partial charge in [0.05, 0.1) is 17.8 Å². The Hall–Kier alpha value is -1.60. The summed E-state index contributed by atoms with van der Waals surface area (Å²) in [5.41, 5.74) is -0.792. The highest BCUT2D eigenvalue weighted by Crippen LogP contribution is 2.47. The number of urea groups is 1. The molecule has 0 aliphatic heterocycles. The number of imide groups is 1. The maximum atomic E-state index is 13.8. The van der Waals surface area contributed by atoms with E-state index >= 15 is 0 Å². The van der Waals surface area contributed by atoms with Crippen LogP contribution in [0.4, 0.5) is 41.2 Å². The van der Waals surface area contributed by atoms with Crippen molar-refractivity contribution in [1.29, 1.82) is 0 Å². The highest BCUT2D eigenvalue weighted by atomic mass is 79.9. The van der Waals surface area contributed by atoms with Gasteiger partial charge >= 0.3 is 30.0 Å². The maximum Gasteiger partial charge on any atom is 0.460 e. The number of hydrogen-bond acceptors (Lipinski definition) is 3. The monoisotopic (exact) mass is 488 g/mol. The van der Waals surface area contributed by atoms with Crippen molar-refractivity contribution in [2.24, 2.45) is 0 Å². The summed E-state index contributed by atoms with van der Waals surface area (Å²) >= 11 is 8.62. The van der Waals surface area contributed by atoms with E-state index in [2.05, 4.69) is 20.8 Å². The molecule has 0 bridgehead atoms. The second-order valence-electron chi connectivity index (χ2n) is 4.85. The summed E-state index contributed by atoms with van der Waals surface area (Å²) < 4.78 is 91.3. The molecule has 1 aromatic rings. The summed E-state index contributed by atoms with van der Waals surface area (Å²) in [6.45, 7) is 0. The number of hydroxylamine groups is 2. The SMILES string of the molecule is CON(C)C(=O)N(C(=O)C(F)(F)C(F)(F)C(F)(F)F)c1ccc(Br)c(Cl)c1. The van der Waals surface area contributed by atoms with E-state index in [4.69, 9.17) is 11.6 Å². The highest BCUT2D eigenvalue weighted by molar-refractivity contribution is 9.10. The van der Waals surface area contributed by atoms with Gasteiger partial charge in [-0.15, -0.1) is 0 Å². The van der Waals surface area contributed by atoms with Crippen LogP contribution in [0.5, 0.6) is 0 Å². The second-order valence-corrected chi connectivity index (χ2v) is 6.11. The fourth-order valence-electron chi connectivity index (χ4n) is 1.61. The molecule has 5 nitrogen and oxygen atoms in total. The summed E-state index contributed by atoms with van der Waals surface area (Å²) in [6, 6.07) is 0.834. The molecule has 0 aliphatic rings. The lowest BCUT2D eigenvalue weighted by atomic mass is 10.1. The van der Waals surface area contributed by atoms with Gasteiger partial charge in [-0.25, -0.2) is 14.8 Å². The fraction of sp³-hybridized carbons (Fsp3) is 0.385. The van der Waals surface area contributed by atoms with Crippen LogP contribution in [-0.4, -0.2) is 49.2 Å². The zero-order chi connectivity index (χ0) is 21.4. The van der Waals surface area contributed by atoms with Crippen molar-refractivity contribution in [1.82, 2.24) is 5.06 Å². The second kappa shape index (κ2) is 7.80. The molecule has 0 saturated heterocycles. The minimum atomic E-state index is -6.76. The first-order valence-corrected chi connectivity index (χ1v) is 7.70. The number of carbonyl (C=O) groups excluding carboxylic acids is 2. The van der Waals surface area contributed by atoms with Crippen molar-refractivity contribution < 1.29 is 45.2 Å². The molecule has 0 heterocycles. The van der Waals surface area contributed by atoms with Crippen molar-refractivity contribution in [3.8, 4) is 0 Å².